The lowest BCUT2D eigenvalue weighted by molar-refractivity contribution is -0.134. The van der Waals surface area contributed by atoms with Crippen LogP contribution in [0.25, 0.3) is 0 Å². The van der Waals surface area contributed by atoms with Gasteiger partial charge in [0, 0.05) is 49.9 Å². The highest BCUT2D eigenvalue weighted by Gasteiger charge is 2.32. The second kappa shape index (κ2) is 9.35. The fraction of sp³-hybridized carbons (Fsp3) is 0.737. The van der Waals surface area contributed by atoms with Gasteiger partial charge < -0.3 is 15.5 Å². The highest BCUT2D eigenvalue weighted by molar-refractivity contribution is 7.09. The molecule has 7 heteroatoms. The number of nitrogens with one attached hydrogen (secondary N) is 2. The Morgan fingerprint density at radius 2 is 2.19 bits per heavy atom. The van der Waals surface area contributed by atoms with Gasteiger partial charge in [0.15, 0.2) is 5.96 Å². The third-order valence-corrected chi connectivity index (χ3v) is 6.02. The zero-order valence-corrected chi connectivity index (χ0v) is 16.8. The van der Waals surface area contributed by atoms with Crippen LogP contribution in [0.15, 0.2) is 10.4 Å². The molecule has 1 atom stereocenters. The van der Waals surface area contributed by atoms with Gasteiger partial charge in [0.1, 0.15) is 0 Å². The van der Waals surface area contributed by atoms with Crippen molar-refractivity contribution in [1.29, 1.82) is 0 Å². The summed E-state index contributed by atoms with van der Waals surface area (Å²) in [5, 5.41) is 10.0. The van der Waals surface area contributed by atoms with Gasteiger partial charge in [0.25, 0.3) is 0 Å². The van der Waals surface area contributed by atoms with Crippen LogP contribution in [0.3, 0.4) is 0 Å². The van der Waals surface area contributed by atoms with Crippen LogP contribution < -0.4 is 10.6 Å². The summed E-state index contributed by atoms with van der Waals surface area (Å²) in [7, 11) is 0. The van der Waals surface area contributed by atoms with Crippen molar-refractivity contribution >= 4 is 23.2 Å². The molecule has 0 radical (unpaired) electrons. The number of aliphatic imine (C=N–C) groups is 1. The Morgan fingerprint density at radius 3 is 2.88 bits per heavy atom. The van der Waals surface area contributed by atoms with Gasteiger partial charge >= 0.3 is 0 Å². The maximum atomic E-state index is 12.6. The van der Waals surface area contributed by atoms with Crippen LogP contribution in [0.4, 0.5) is 0 Å². The molecule has 0 bridgehead atoms. The van der Waals surface area contributed by atoms with Crippen molar-refractivity contribution in [3.63, 3.8) is 0 Å². The minimum absolute atomic E-state index is 0.275. The minimum Gasteiger partial charge on any atom is -0.357 e. The molecule has 6 nitrogen and oxygen atoms in total. The van der Waals surface area contributed by atoms with Gasteiger partial charge in [-0.25, -0.2) is 4.98 Å². The van der Waals surface area contributed by atoms with Gasteiger partial charge in [-0.3, -0.25) is 9.79 Å². The molecule has 0 aromatic carbocycles. The Morgan fingerprint density at radius 1 is 1.38 bits per heavy atom. The van der Waals surface area contributed by atoms with Crippen LogP contribution in [-0.2, 0) is 11.2 Å². The number of thiazole rings is 1. The lowest BCUT2D eigenvalue weighted by atomic mass is 10.1. The molecule has 1 aromatic rings. The molecule has 2 fully saturated rings. The molecular formula is C19H31N5OS. The number of hydrogen-bond acceptors (Lipinski definition) is 4. The standard InChI is InChI=1S/C19H31N5OS/c1-3-20-19(21-10-8-17-13-26-14(2)22-17)23-16-9-11-24(12-16)18(25)15-6-4-5-7-15/h13,15-16H,3-12H2,1-2H3,(H2,20,21,23). The SMILES string of the molecule is CCNC(=NCCc1csc(C)n1)NC1CCN(C(=O)C2CCCC2)C1. The first-order chi connectivity index (χ1) is 12.7. The van der Waals surface area contributed by atoms with Crippen molar-refractivity contribution in [2.75, 3.05) is 26.2 Å². The molecule has 1 aromatic heterocycles. The Bertz CT molecular complexity index is 623. The molecule has 1 saturated heterocycles. The van der Waals surface area contributed by atoms with Crippen LogP contribution >= 0.6 is 11.3 Å². The average molecular weight is 378 g/mol. The molecule has 2 heterocycles. The number of carbonyl (C=O) groups is 1. The highest BCUT2D eigenvalue weighted by Crippen LogP contribution is 2.27. The molecule has 1 aliphatic carbocycles. The smallest absolute Gasteiger partial charge is 0.225 e. The second-order valence-electron chi connectivity index (χ2n) is 7.26. The summed E-state index contributed by atoms with van der Waals surface area (Å²) in [6, 6.07) is 0.291. The average Bonchev–Trinajstić information content (AvgIpc) is 3.36. The van der Waals surface area contributed by atoms with E-state index < -0.39 is 0 Å². The number of nitrogens with zero attached hydrogens (tertiary/aromatic N) is 3. The van der Waals surface area contributed by atoms with Gasteiger partial charge in [0.05, 0.1) is 10.7 Å². The first kappa shape index (κ1) is 19.1. The fourth-order valence-corrected chi connectivity index (χ4v) is 4.48. The summed E-state index contributed by atoms with van der Waals surface area (Å²) < 4.78 is 0. The number of rotatable bonds is 6. The predicted octanol–water partition coefficient (Wildman–Crippen LogP) is 2.34. The molecule has 1 unspecified atom stereocenters. The van der Waals surface area contributed by atoms with E-state index in [-0.39, 0.29) is 5.92 Å². The highest BCUT2D eigenvalue weighted by atomic mass is 32.1. The van der Waals surface area contributed by atoms with Gasteiger partial charge in [-0.05, 0) is 33.1 Å². The quantitative estimate of drug-likeness (QED) is 0.590. The predicted molar refractivity (Wildman–Crippen MR) is 107 cm³/mol. The molecule has 1 aliphatic heterocycles. The van der Waals surface area contributed by atoms with Gasteiger partial charge in [0.2, 0.25) is 5.91 Å². The first-order valence-electron chi connectivity index (χ1n) is 9.90. The van der Waals surface area contributed by atoms with E-state index >= 15 is 0 Å². The molecule has 3 rings (SSSR count). The van der Waals surface area contributed by atoms with E-state index in [1.54, 1.807) is 11.3 Å². The molecule has 2 N–H and O–H groups in total. The number of likely N-dealkylation sites (tertiary alicyclic amines) is 1. The Labute approximate surface area is 160 Å². The number of amides is 1. The summed E-state index contributed by atoms with van der Waals surface area (Å²) >= 11 is 1.68. The summed E-state index contributed by atoms with van der Waals surface area (Å²) in [6.07, 6.45) is 6.43. The molecule has 1 saturated carbocycles. The number of hydrogen-bond donors (Lipinski definition) is 2. The van der Waals surface area contributed by atoms with E-state index in [1.165, 1.54) is 12.8 Å². The zero-order chi connectivity index (χ0) is 18.4. The molecule has 0 spiro atoms. The Kier molecular flexibility index (Phi) is 6.88. The van der Waals surface area contributed by atoms with Crippen molar-refractivity contribution in [1.82, 2.24) is 20.5 Å². The normalized spacial score (nSPS) is 21.4. The van der Waals surface area contributed by atoms with Crippen molar-refractivity contribution < 1.29 is 4.79 Å². The first-order valence-corrected chi connectivity index (χ1v) is 10.8. The number of aryl methyl sites for hydroxylation is 1. The third-order valence-electron chi connectivity index (χ3n) is 5.19. The van der Waals surface area contributed by atoms with Crippen LogP contribution in [0.5, 0.6) is 0 Å². The molecule has 1 amide bonds. The molecule has 2 aliphatic rings. The minimum atomic E-state index is 0.275. The van der Waals surface area contributed by atoms with E-state index in [0.29, 0.717) is 11.9 Å². The van der Waals surface area contributed by atoms with Crippen LogP contribution in [0.2, 0.25) is 0 Å². The van der Waals surface area contributed by atoms with E-state index in [0.717, 1.165) is 68.5 Å². The summed E-state index contributed by atoms with van der Waals surface area (Å²) in [5.41, 5.74) is 1.11. The van der Waals surface area contributed by atoms with Crippen LogP contribution in [0, 0.1) is 12.8 Å². The monoisotopic (exact) mass is 377 g/mol. The number of guanidine groups is 1. The van der Waals surface area contributed by atoms with Crippen molar-refractivity contribution in [3.8, 4) is 0 Å². The summed E-state index contributed by atoms with van der Waals surface area (Å²) in [4.78, 5) is 23.8. The molecular weight excluding hydrogens is 346 g/mol. The maximum absolute atomic E-state index is 12.6. The Hall–Kier alpha value is -1.63. The van der Waals surface area contributed by atoms with E-state index in [9.17, 15) is 4.79 Å². The van der Waals surface area contributed by atoms with Gasteiger partial charge in [-0.15, -0.1) is 11.3 Å². The maximum Gasteiger partial charge on any atom is 0.225 e. The lowest BCUT2D eigenvalue weighted by Crippen LogP contribution is -2.45. The summed E-state index contributed by atoms with van der Waals surface area (Å²) in [5.74, 6) is 1.49. The van der Waals surface area contributed by atoms with Gasteiger partial charge in [-0.1, -0.05) is 12.8 Å². The van der Waals surface area contributed by atoms with Crippen LogP contribution in [-0.4, -0.2) is 54.0 Å². The molecule has 144 valence electrons. The van der Waals surface area contributed by atoms with E-state index in [4.69, 9.17) is 0 Å². The Balaban J connectivity index is 1.48. The second-order valence-corrected chi connectivity index (χ2v) is 8.33. The van der Waals surface area contributed by atoms with E-state index in [1.807, 2.05) is 6.92 Å². The zero-order valence-electron chi connectivity index (χ0n) is 16.0. The summed E-state index contributed by atoms with van der Waals surface area (Å²) in [6.45, 7) is 7.32. The van der Waals surface area contributed by atoms with Crippen molar-refractivity contribution in [2.24, 2.45) is 10.9 Å². The van der Waals surface area contributed by atoms with Crippen molar-refractivity contribution in [3.05, 3.63) is 16.1 Å². The lowest BCUT2D eigenvalue weighted by Gasteiger charge is -2.21. The fourth-order valence-electron chi connectivity index (χ4n) is 3.83. The number of carbonyl (C=O) groups excluding carboxylic acids is 1. The third kappa shape index (κ3) is 5.19. The topological polar surface area (TPSA) is 69.6 Å². The molecule has 26 heavy (non-hydrogen) atoms. The largest absolute Gasteiger partial charge is 0.357 e. The van der Waals surface area contributed by atoms with Crippen molar-refractivity contribution in [2.45, 2.75) is 58.4 Å². The van der Waals surface area contributed by atoms with E-state index in [2.05, 4.69) is 37.8 Å². The van der Waals surface area contributed by atoms with Gasteiger partial charge in [-0.2, -0.15) is 0 Å². The number of aromatic nitrogens is 1. The van der Waals surface area contributed by atoms with Crippen LogP contribution in [0.1, 0.15) is 49.7 Å².